The van der Waals surface area contributed by atoms with Gasteiger partial charge in [0.1, 0.15) is 5.69 Å². The Balaban J connectivity index is 1.55. The molecule has 2 aliphatic rings. The summed E-state index contributed by atoms with van der Waals surface area (Å²) in [5.41, 5.74) is 1.90. The zero-order valence-electron chi connectivity index (χ0n) is 15.4. The van der Waals surface area contributed by atoms with Crippen molar-refractivity contribution < 1.29 is 4.52 Å². The average Bonchev–Trinajstić information content (AvgIpc) is 3.28. The monoisotopic (exact) mass is 414 g/mol. The predicted octanol–water partition coefficient (Wildman–Crippen LogP) is 5.17. The van der Waals surface area contributed by atoms with E-state index in [1.165, 1.54) is 12.0 Å². The summed E-state index contributed by atoms with van der Waals surface area (Å²) in [7, 11) is 2.20. The van der Waals surface area contributed by atoms with Gasteiger partial charge in [-0.05, 0) is 62.1 Å². The van der Waals surface area contributed by atoms with Crippen molar-refractivity contribution in [2.24, 2.45) is 0 Å². The van der Waals surface area contributed by atoms with Crippen LogP contribution in [0, 0.1) is 0 Å². The van der Waals surface area contributed by atoms with E-state index in [9.17, 15) is 0 Å². The molecule has 0 N–H and O–H groups in total. The van der Waals surface area contributed by atoms with Crippen LogP contribution in [-0.4, -0.2) is 39.2 Å². The zero-order valence-corrected chi connectivity index (χ0v) is 16.9. The van der Waals surface area contributed by atoms with Crippen molar-refractivity contribution in [2.75, 3.05) is 7.05 Å². The van der Waals surface area contributed by atoms with Crippen LogP contribution in [0.3, 0.4) is 0 Å². The number of halogens is 2. The van der Waals surface area contributed by atoms with E-state index < -0.39 is 0 Å². The van der Waals surface area contributed by atoms with Gasteiger partial charge in [-0.15, -0.1) is 0 Å². The largest absolute Gasteiger partial charge is 0.339 e. The van der Waals surface area contributed by atoms with E-state index in [1.807, 2.05) is 30.3 Å². The van der Waals surface area contributed by atoms with Crippen molar-refractivity contribution in [3.63, 3.8) is 0 Å². The maximum Gasteiger partial charge on any atom is 0.232 e. The smallest absolute Gasteiger partial charge is 0.232 e. The van der Waals surface area contributed by atoms with Gasteiger partial charge in [0, 0.05) is 18.3 Å². The molecule has 2 fully saturated rings. The molecular formula is C21H20Cl2N4O. The lowest BCUT2D eigenvalue weighted by atomic mass is 9.76. The first-order chi connectivity index (χ1) is 13.6. The summed E-state index contributed by atoms with van der Waals surface area (Å²) in [6, 6.07) is 12.6. The number of likely N-dealkylation sites (N-methyl/N-ethyl adjacent to an activating group) is 1. The first-order valence-electron chi connectivity index (χ1n) is 9.53. The molecule has 7 heteroatoms. The minimum atomic E-state index is 0.117. The minimum absolute atomic E-state index is 0.117. The van der Waals surface area contributed by atoms with E-state index in [-0.39, 0.29) is 11.8 Å². The molecule has 2 saturated heterocycles. The quantitative estimate of drug-likeness (QED) is 0.591. The fourth-order valence-corrected chi connectivity index (χ4v) is 5.17. The van der Waals surface area contributed by atoms with Gasteiger partial charge in [-0.1, -0.05) is 40.5 Å². The van der Waals surface area contributed by atoms with E-state index in [0.717, 1.165) is 18.5 Å². The third-order valence-corrected chi connectivity index (χ3v) is 7.00. The SMILES string of the molecule is CN1[C@H]2CC[C@@H]1C(c1nc(-c3ccccn3)no1)C(c1ccc(Cl)c(Cl)c1)C2. The molecule has 3 aromatic rings. The fourth-order valence-electron chi connectivity index (χ4n) is 4.86. The van der Waals surface area contributed by atoms with E-state index in [4.69, 9.17) is 32.7 Å². The summed E-state index contributed by atoms with van der Waals surface area (Å²) in [6.45, 7) is 0. The lowest BCUT2D eigenvalue weighted by molar-refractivity contribution is 0.120. The normalized spacial score (nSPS) is 27.2. The molecule has 5 rings (SSSR count). The van der Waals surface area contributed by atoms with Crippen LogP contribution in [-0.2, 0) is 0 Å². The lowest BCUT2D eigenvalue weighted by Crippen LogP contribution is -2.44. The Bertz CT molecular complexity index is 993. The molecule has 0 amide bonds. The number of aromatic nitrogens is 3. The Morgan fingerprint density at radius 1 is 1.11 bits per heavy atom. The first kappa shape index (κ1) is 18.1. The number of benzene rings is 1. The molecule has 2 unspecified atom stereocenters. The van der Waals surface area contributed by atoms with Crippen LogP contribution in [0.25, 0.3) is 11.5 Å². The van der Waals surface area contributed by atoms with Crippen molar-refractivity contribution in [3.05, 3.63) is 64.1 Å². The van der Waals surface area contributed by atoms with Crippen molar-refractivity contribution in [3.8, 4) is 11.5 Å². The molecular weight excluding hydrogens is 395 g/mol. The van der Waals surface area contributed by atoms with Crippen LogP contribution in [0.1, 0.15) is 42.6 Å². The van der Waals surface area contributed by atoms with Gasteiger partial charge in [0.05, 0.1) is 16.0 Å². The predicted molar refractivity (Wildman–Crippen MR) is 109 cm³/mol. The standard InChI is InChI=1S/C21H20Cl2N4O/c1-27-13-6-8-18(27)19(14(11-13)12-5-7-15(22)16(23)10-12)21-25-20(26-28-21)17-4-2-3-9-24-17/h2-5,7,9-10,13-14,18-19H,6,8,11H2,1H3/t13-,14?,18+,19?/m0/s1. The molecule has 1 aromatic carbocycles. The highest BCUT2D eigenvalue weighted by Crippen LogP contribution is 2.51. The summed E-state index contributed by atoms with van der Waals surface area (Å²) in [6.07, 6.45) is 5.10. The van der Waals surface area contributed by atoms with Crippen LogP contribution in [0.4, 0.5) is 0 Å². The van der Waals surface area contributed by atoms with Crippen molar-refractivity contribution >= 4 is 23.2 Å². The highest BCUT2D eigenvalue weighted by Gasteiger charge is 2.49. The number of hydrogen-bond acceptors (Lipinski definition) is 5. The second kappa shape index (κ2) is 7.14. The summed E-state index contributed by atoms with van der Waals surface area (Å²) >= 11 is 12.5. The van der Waals surface area contributed by atoms with Crippen LogP contribution < -0.4 is 0 Å². The maximum atomic E-state index is 6.33. The van der Waals surface area contributed by atoms with Crippen LogP contribution in [0.5, 0.6) is 0 Å². The first-order valence-corrected chi connectivity index (χ1v) is 10.3. The fraction of sp³-hybridized carbons (Fsp3) is 0.381. The zero-order chi connectivity index (χ0) is 19.3. The summed E-state index contributed by atoms with van der Waals surface area (Å²) in [4.78, 5) is 11.6. The molecule has 0 spiro atoms. The Hall–Kier alpha value is -1.95. The summed E-state index contributed by atoms with van der Waals surface area (Å²) < 4.78 is 5.78. The lowest BCUT2D eigenvalue weighted by Gasteiger charge is -2.41. The van der Waals surface area contributed by atoms with Crippen LogP contribution >= 0.6 is 23.2 Å². The Kier molecular flexibility index (Phi) is 4.62. The second-order valence-corrected chi connectivity index (χ2v) is 8.49. The van der Waals surface area contributed by atoms with E-state index >= 15 is 0 Å². The minimum Gasteiger partial charge on any atom is -0.339 e. The van der Waals surface area contributed by atoms with E-state index in [1.54, 1.807) is 6.20 Å². The Morgan fingerprint density at radius 2 is 2.00 bits per heavy atom. The van der Waals surface area contributed by atoms with Gasteiger partial charge < -0.3 is 4.52 Å². The summed E-state index contributed by atoms with van der Waals surface area (Å²) in [5.74, 6) is 1.59. The molecule has 0 saturated carbocycles. The van der Waals surface area contributed by atoms with Crippen LogP contribution in [0.2, 0.25) is 10.0 Å². The van der Waals surface area contributed by atoms with Gasteiger partial charge >= 0.3 is 0 Å². The van der Waals surface area contributed by atoms with Gasteiger partial charge in [-0.2, -0.15) is 4.98 Å². The van der Waals surface area contributed by atoms with Gasteiger partial charge in [0.2, 0.25) is 11.7 Å². The van der Waals surface area contributed by atoms with Crippen LogP contribution in [0.15, 0.2) is 47.1 Å². The van der Waals surface area contributed by atoms with Gasteiger partial charge in [-0.25, -0.2) is 0 Å². The number of hydrogen-bond donors (Lipinski definition) is 0. The number of piperidine rings is 1. The average molecular weight is 415 g/mol. The Labute approximate surface area is 173 Å². The number of fused-ring (bicyclic) bond motifs is 2. The van der Waals surface area contributed by atoms with Crippen molar-refractivity contribution in [1.29, 1.82) is 0 Å². The van der Waals surface area contributed by atoms with E-state index in [0.29, 0.717) is 33.8 Å². The molecule has 0 radical (unpaired) electrons. The highest BCUT2D eigenvalue weighted by atomic mass is 35.5. The number of rotatable bonds is 3. The molecule has 5 nitrogen and oxygen atoms in total. The molecule has 2 bridgehead atoms. The van der Waals surface area contributed by atoms with Gasteiger partial charge in [-0.3, -0.25) is 9.88 Å². The maximum absolute atomic E-state index is 6.33. The third-order valence-electron chi connectivity index (χ3n) is 6.26. The number of nitrogens with zero attached hydrogens (tertiary/aromatic N) is 4. The third kappa shape index (κ3) is 3.02. The molecule has 0 aliphatic carbocycles. The molecule has 4 atom stereocenters. The Morgan fingerprint density at radius 3 is 2.79 bits per heavy atom. The molecule has 2 aliphatic heterocycles. The molecule has 28 heavy (non-hydrogen) atoms. The van der Waals surface area contributed by atoms with Gasteiger partial charge in [0.15, 0.2) is 0 Å². The van der Waals surface area contributed by atoms with Crippen molar-refractivity contribution in [2.45, 2.75) is 43.2 Å². The number of pyridine rings is 1. The topological polar surface area (TPSA) is 55.1 Å². The molecule has 2 aromatic heterocycles. The van der Waals surface area contributed by atoms with E-state index in [2.05, 4.69) is 28.2 Å². The second-order valence-electron chi connectivity index (χ2n) is 7.68. The summed E-state index contributed by atoms with van der Waals surface area (Å²) in [5, 5.41) is 5.38. The molecule has 4 heterocycles. The highest BCUT2D eigenvalue weighted by molar-refractivity contribution is 6.42. The molecule has 144 valence electrons. The van der Waals surface area contributed by atoms with Gasteiger partial charge in [0.25, 0.3) is 0 Å². The van der Waals surface area contributed by atoms with Crippen molar-refractivity contribution in [1.82, 2.24) is 20.0 Å².